The third-order valence-corrected chi connectivity index (χ3v) is 5.71. The first-order valence-electron chi connectivity index (χ1n) is 9.91. The lowest BCUT2D eigenvalue weighted by Crippen LogP contribution is -2.48. The zero-order chi connectivity index (χ0) is 19.6. The summed E-state index contributed by atoms with van der Waals surface area (Å²) in [6.45, 7) is 0.586. The van der Waals surface area contributed by atoms with E-state index in [4.69, 9.17) is 4.74 Å². The molecule has 1 atom stereocenters. The molecule has 0 aromatic heterocycles. The van der Waals surface area contributed by atoms with Crippen molar-refractivity contribution in [2.45, 2.75) is 44.1 Å². The number of hydrogen-bond donors (Lipinski definition) is 2. The van der Waals surface area contributed by atoms with Crippen LogP contribution in [0, 0.1) is 0 Å². The number of carbonyl (C=O) groups is 3. The molecule has 1 aromatic carbocycles. The highest BCUT2D eigenvalue weighted by Gasteiger charge is 2.55. The average molecular weight is 383 g/mol. The smallest absolute Gasteiger partial charge is 0.325 e. The zero-order valence-corrected chi connectivity index (χ0v) is 15.8. The summed E-state index contributed by atoms with van der Waals surface area (Å²) in [5.74, 6) is -0.120. The van der Waals surface area contributed by atoms with E-state index < -0.39 is 17.5 Å². The second kappa shape index (κ2) is 7.66. The van der Waals surface area contributed by atoms with Crippen LogP contribution in [0.15, 0.2) is 35.9 Å². The highest BCUT2D eigenvalue weighted by molar-refractivity contribution is 6.09. The Morgan fingerprint density at radius 3 is 2.93 bits per heavy atom. The van der Waals surface area contributed by atoms with E-state index in [0.29, 0.717) is 30.9 Å². The topological polar surface area (TPSA) is 87.7 Å². The summed E-state index contributed by atoms with van der Waals surface area (Å²) < 4.78 is 5.61. The van der Waals surface area contributed by atoms with Gasteiger partial charge in [0.05, 0.1) is 6.61 Å². The zero-order valence-electron chi connectivity index (χ0n) is 15.8. The summed E-state index contributed by atoms with van der Waals surface area (Å²) in [7, 11) is 0. The van der Waals surface area contributed by atoms with E-state index in [-0.39, 0.29) is 12.5 Å². The third kappa shape index (κ3) is 3.37. The first-order chi connectivity index (χ1) is 13.6. The van der Waals surface area contributed by atoms with Crippen molar-refractivity contribution in [1.82, 2.24) is 15.5 Å². The highest BCUT2D eigenvalue weighted by atomic mass is 16.5. The van der Waals surface area contributed by atoms with Crippen LogP contribution in [-0.2, 0) is 15.1 Å². The Hall–Kier alpha value is -2.83. The van der Waals surface area contributed by atoms with Crippen molar-refractivity contribution in [3.63, 3.8) is 0 Å². The fourth-order valence-corrected chi connectivity index (χ4v) is 4.21. The lowest BCUT2D eigenvalue weighted by Gasteiger charge is -2.33. The Balaban J connectivity index is 1.40. The van der Waals surface area contributed by atoms with Crippen molar-refractivity contribution in [2.24, 2.45) is 0 Å². The summed E-state index contributed by atoms with van der Waals surface area (Å²) in [5, 5.41) is 5.64. The molecule has 7 nitrogen and oxygen atoms in total. The Morgan fingerprint density at radius 1 is 1.25 bits per heavy atom. The minimum absolute atomic E-state index is 0.269. The fourth-order valence-electron chi connectivity index (χ4n) is 4.21. The third-order valence-electron chi connectivity index (χ3n) is 5.71. The molecule has 2 heterocycles. The summed E-state index contributed by atoms with van der Waals surface area (Å²) in [6.07, 6.45) is 8.06. The molecule has 2 N–H and O–H groups in total. The number of benzene rings is 1. The molecule has 0 saturated carbocycles. The van der Waals surface area contributed by atoms with Crippen molar-refractivity contribution < 1.29 is 19.1 Å². The van der Waals surface area contributed by atoms with Crippen LogP contribution in [0.4, 0.5) is 4.79 Å². The number of fused-ring (bicyclic) bond motifs is 2. The Kier molecular flexibility index (Phi) is 5.07. The SMILES string of the molecule is O=C(CN1C(=O)N[C@]2(CCOc3ccccc32)C1=O)NCCC1=CCCCC1. The van der Waals surface area contributed by atoms with Crippen molar-refractivity contribution in [3.05, 3.63) is 41.5 Å². The second-order valence-corrected chi connectivity index (χ2v) is 7.53. The van der Waals surface area contributed by atoms with Crippen LogP contribution in [0.1, 0.15) is 44.1 Å². The first kappa shape index (κ1) is 18.5. The van der Waals surface area contributed by atoms with Gasteiger partial charge in [-0.15, -0.1) is 0 Å². The van der Waals surface area contributed by atoms with Crippen LogP contribution in [0.2, 0.25) is 0 Å². The van der Waals surface area contributed by atoms with E-state index in [9.17, 15) is 14.4 Å². The van der Waals surface area contributed by atoms with Gasteiger partial charge in [-0.2, -0.15) is 0 Å². The fraction of sp³-hybridized carbons (Fsp3) is 0.476. The van der Waals surface area contributed by atoms with Crippen molar-refractivity contribution in [3.8, 4) is 5.75 Å². The molecule has 1 fully saturated rings. The second-order valence-electron chi connectivity index (χ2n) is 7.53. The van der Waals surface area contributed by atoms with Crippen LogP contribution in [0.25, 0.3) is 0 Å². The highest BCUT2D eigenvalue weighted by Crippen LogP contribution is 2.40. The number of nitrogens with zero attached hydrogens (tertiary/aromatic N) is 1. The maximum atomic E-state index is 13.1. The molecule has 2 aliphatic heterocycles. The number of nitrogens with one attached hydrogen (secondary N) is 2. The van der Waals surface area contributed by atoms with Gasteiger partial charge in [0.15, 0.2) is 5.54 Å². The molecular weight excluding hydrogens is 358 g/mol. The van der Waals surface area contributed by atoms with E-state index in [1.165, 1.54) is 18.4 Å². The number of imide groups is 1. The van der Waals surface area contributed by atoms with Gasteiger partial charge in [0, 0.05) is 18.5 Å². The van der Waals surface area contributed by atoms with Gasteiger partial charge in [-0.25, -0.2) is 4.79 Å². The van der Waals surface area contributed by atoms with Crippen LogP contribution in [0.3, 0.4) is 0 Å². The van der Waals surface area contributed by atoms with Crippen molar-refractivity contribution in [2.75, 3.05) is 19.7 Å². The Labute approximate surface area is 164 Å². The quantitative estimate of drug-likeness (QED) is 0.603. The van der Waals surface area contributed by atoms with E-state index in [0.717, 1.165) is 24.2 Å². The standard InChI is InChI=1S/C21H25N3O4/c25-18(22-12-10-15-6-2-1-3-7-15)14-24-19(26)21(23-20(24)27)11-13-28-17-9-5-4-8-16(17)21/h4-6,8-9H,1-3,7,10-14H2,(H,22,25)(H,23,27)/t21-/m0/s1. The Morgan fingerprint density at radius 2 is 2.11 bits per heavy atom. The molecular formula is C21H25N3O4. The van der Waals surface area contributed by atoms with Gasteiger partial charge in [-0.05, 0) is 38.2 Å². The van der Waals surface area contributed by atoms with Gasteiger partial charge in [0.2, 0.25) is 5.91 Å². The molecule has 7 heteroatoms. The van der Waals surface area contributed by atoms with E-state index in [2.05, 4.69) is 16.7 Å². The van der Waals surface area contributed by atoms with Crippen molar-refractivity contribution >= 4 is 17.8 Å². The minimum atomic E-state index is -1.14. The summed E-state index contributed by atoms with van der Waals surface area (Å²) >= 11 is 0. The average Bonchev–Trinajstić information content (AvgIpc) is 2.94. The van der Waals surface area contributed by atoms with E-state index >= 15 is 0 Å². The number of hydrogen-bond acceptors (Lipinski definition) is 4. The van der Waals surface area contributed by atoms with E-state index in [1.54, 1.807) is 12.1 Å². The van der Waals surface area contributed by atoms with Gasteiger partial charge in [-0.3, -0.25) is 14.5 Å². The van der Waals surface area contributed by atoms with Crippen LogP contribution in [-0.4, -0.2) is 42.4 Å². The molecule has 28 heavy (non-hydrogen) atoms. The molecule has 0 unspecified atom stereocenters. The maximum absolute atomic E-state index is 13.1. The Bertz CT molecular complexity index is 835. The monoisotopic (exact) mass is 383 g/mol. The predicted octanol–water partition coefficient (Wildman–Crippen LogP) is 2.22. The van der Waals surface area contributed by atoms with Gasteiger partial charge in [0.1, 0.15) is 12.3 Å². The normalized spacial score (nSPS) is 23.7. The molecule has 0 bridgehead atoms. The minimum Gasteiger partial charge on any atom is -0.493 e. The van der Waals surface area contributed by atoms with E-state index in [1.807, 2.05) is 12.1 Å². The van der Waals surface area contributed by atoms with Crippen LogP contribution >= 0.6 is 0 Å². The number of amides is 4. The molecule has 3 aliphatic rings. The number of urea groups is 1. The predicted molar refractivity (Wildman–Crippen MR) is 103 cm³/mol. The number of rotatable bonds is 5. The van der Waals surface area contributed by atoms with Crippen LogP contribution in [0.5, 0.6) is 5.75 Å². The lowest BCUT2D eigenvalue weighted by molar-refractivity contribution is -0.136. The lowest BCUT2D eigenvalue weighted by atomic mass is 9.84. The molecule has 0 radical (unpaired) electrons. The van der Waals surface area contributed by atoms with Crippen LogP contribution < -0.4 is 15.4 Å². The van der Waals surface area contributed by atoms with Gasteiger partial charge < -0.3 is 15.4 Å². The summed E-state index contributed by atoms with van der Waals surface area (Å²) in [4.78, 5) is 38.9. The first-order valence-corrected chi connectivity index (χ1v) is 9.91. The van der Waals surface area contributed by atoms with Gasteiger partial charge >= 0.3 is 6.03 Å². The number of para-hydroxylation sites is 1. The molecule has 1 spiro atoms. The maximum Gasteiger partial charge on any atom is 0.325 e. The molecule has 1 aliphatic carbocycles. The number of allylic oxidation sites excluding steroid dienone is 1. The molecule has 1 aromatic rings. The largest absolute Gasteiger partial charge is 0.493 e. The molecule has 148 valence electrons. The number of ether oxygens (including phenoxy) is 1. The van der Waals surface area contributed by atoms with Gasteiger partial charge in [-0.1, -0.05) is 29.8 Å². The van der Waals surface area contributed by atoms with Gasteiger partial charge in [0.25, 0.3) is 5.91 Å². The molecule has 4 amide bonds. The summed E-state index contributed by atoms with van der Waals surface area (Å²) in [5.41, 5.74) is 0.880. The summed E-state index contributed by atoms with van der Waals surface area (Å²) in [6, 6.07) is 6.67. The molecule has 4 rings (SSSR count). The molecule has 1 saturated heterocycles. The number of carbonyl (C=O) groups excluding carboxylic acids is 3. The van der Waals surface area contributed by atoms with Crippen molar-refractivity contribution in [1.29, 1.82) is 0 Å².